The Morgan fingerprint density at radius 2 is 2.05 bits per heavy atom. The van der Waals surface area contributed by atoms with Crippen molar-refractivity contribution in [3.8, 4) is 0 Å². The van der Waals surface area contributed by atoms with Gasteiger partial charge in [0, 0.05) is 12.3 Å². The molecule has 1 aromatic carbocycles. The second kappa shape index (κ2) is 5.23. The van der Waals surface area contributed by atoms with E-state index in [1.54, 1.807) is 0 Å². The maximum Gasteiger partial charge on any atom is 0.260 e. The summed E-state index contributed by atoms with van der Waals surface area (Å²) in [6, 6.07) is 3.31. The van der Waals surface area contributed by atoms with Gasteiger partial charge in [-0.15, -0.1) is 11.3 Å². The highest BCUT2D eigenvalue weighted by atomic mass is 32.1. The molecular weight excluding hydrogens is 274 g/mol. The number of rotatable bonds is 3. The summed E-state index contributed by atoms with van der Waals surface area (Å²) >= 11 is 1.03. The number of benzene rings is 1. The van der Waals surface area contributed by atoms with E-state index < -0.39 is 23.1 Å². The maximum absolute atomic E-state index is 13.4. The van der Waals surface area contributed by atoms with E-state index in [9.17, 15) is 18.4 Å². The Morgan fingerprint density at radius 3 is 2.68 bits per heavy atom. The van der Waals surface area contributed by atoms with E-state index in [0.29, 0.717) is 0 Å². The van der Waals surface area contributed by atoms with Crippen LogP contribution in [0, 0.1) is 11.6 Å². The smallest absolute Gasteiger partial charge is 0.260 e. The molecule has 0 saturated heterocycles. The number of hydrogen-bond donors (Lipinski definition) is 1. The number of nitrogens with zero attached hydrogens (tertiary/aromatic N) is 1. The van der Waals surface area contributed by atoms with Gasteiger partial charge in [0.15, 0.2) is 22.5 Å². The quantitative estimate of drug-likeness (QED) is 0.881. The van der Waals surface area contributed by atoms with Crippen LogP contribution in [0.4, 0.5) is 13.9 Å². The maximum atomic E-state index is 13.4. The first-order valence-electron chi connectivity index (χ1n) is 5.21. The van der Waals surface area contributed by atoms with Crippen molar-refractivity contribution in [2.75, 3.05) is 5.32 Å². The normalized spacial score (nSPS) is 10.3. The molecule has 0 spiro atoms. The van der Waals surface area contributed by atoms with Gasteiger partial charge in [0.2, 0.25) is 0 Å². The molecule has 0 saturated carbocycles. The molecule has 19 heavy (non-hydrogen) atoms. The van der Waals surface area contributed by atoms with Crippen molar-refractivity contribution in [3.05, 3.63) is 46.5 Å². The monoisotopic (exact) mass is 282 g/mol. The summed E-state index contributed by atoms with van der Waals surface area (Å²) < 4.78 is 26.4. The van der Waals surface area contributed by atoms with E-state index in [1.807, 2.05) is 0 Å². The highest BCUT2D eigenvalue weighted by Crippen LogP contribution is 2.18. The van der Waals surface area contributed by atoms with Crippen molar-refractivity contribution in [1.82, 2.24) is 4.98 Å². The third-order valence-electron chi connectivity index (χ3n) is 2.28. The Balaban J connectivity index is 2.21. The van der Waals surface area contributed by atoms with Crippen molar-refractivity contribution < 1.29 is 18.4 Å². The number of thiazole rings is 1. The van der Waals surface area contributed by atoms with Gasteiger partial charge in [-0.05, 0) is 12.1 Å². The van der Waals surface area contributed by atoms with Crippen LogP contribution >= 0.6 is 11.3 Å². The molecule has 0 aliphatic heterocycles. The fourth-order valence-corrected chi connectivity index (χ4v) is 2.08. The Hall–Kier alpha value is -2.15. The number of amides is 1. The van der Waals surface area contributed by atoms with E-state index in [4.69, 9.17) is 0 Å². The standard InChI is InChI=1S/C12H8F2N2O2S/c1-6(17)9-5-19-12(15-9)16-11(18)7-3-2-4-8(13)10(7)14/h2-5H,1H3,(H,15,16,18). The summed E-state index contributed by atoms with van der Waals surface area (Å²) in [5, 5.41) is 3.93. The molecule has 1 N–H and O–H groups in total. The van der Waals surface area contributed by atoms with Crippen LogP contribution in [0.2, 0.25) is 0 Å². The van der Waals surface area contributed by atoms with E-state index in [0.717, 1.165) is 23.5 Å². The third-order valence-corrected chi connectivity index (χ3v) is 3.04. The molecular formula is C12H8F2N2O2S. The van der Waals surface area contributed by atoms with Gasteiger partial charge in [0.05, 0.1) is 5.56 Å². The van der Waals surface area contributed by atoms with Crippen LogP contribution in [-0.4, -0.2) is 16.7 Å². The molecule has 7 heteroatoms. The number of hydrogen-bond acceptors (Lipinski definition) is 4. The number of carbonyl (C=O) groups is 2. The summed E-state index contributed by atoms with van der Waals surface area (Å²) in [5.41, 5.74) is -0.209. The molecule has 0 fully saturated rings. The van der Waals surface area contributed by atoms with Crippen LogP contribution in [0.5, 0.6) is 0 Å². The Labute approximate surface area is 111 Å². The lowest BCUT2D eigenvalue weighted by Gasteiger charge is -2.03. The molecule has 0 bridgehead atoms. The lowest BCUT2D eigenvalue weighted by atomic mass is 10.2. The average Bonchev–Trinajstić information content (AvgIpc) is 2.81. The fourth-order valence-electron chi connectivity index (χ4n) is 1.34. The summed E-state index contributed by atoms with van der Waals surface area (Å²) in [4.78, 5) is 26.6. The molecule has 2 aromatic rings. The van der Waals surface area contributed by atoms with Gasteiger partial charge in [0.1, 0.15) is 5.69 Å². The zero-order valence-corrected chi connectivity index (χ0v) is 10.6. The van der Waals surface area contributed by atoms with Crippen molar-refractivity contribution in [3.63, 3.8) is 0 Å². The van der Waals surface area contributed by atoms with E-state index >= 15 is 0 Å². The minimum atomic E-state index is -1.22. The Kier molecular flexibility index (Phi) is 3.66. The van der Waals surface area contributed by atoms with Gasteiger partial charge in [0.25, 0.3) is 5.91 Å². The van der Waals surface area contributed by atoms with Gasteiger partial charge in [-0.3, -0.25) is 14.9 Å². The highest BCUT2D eigenvalue weighted by molar-refractivity contribution is 7.14. The lowest BCUT2D eigenvalue weighted by Crippen LogP contribution is -2.14. The Bertz CT molecular complexity index is 655. The SMILES string of the molecule is CC(=O)c1csc(NC(=O)c2cccc(F)c2F)n1. The molecule has 0 atom stereocenters. The summed E-state index contributed by atoms with van der Waals surface area (Å²) in [5.74, 6) is -3.38. The topological polar surface area (TPSA) is 59.1 Å². The number of anilines is 1. The molecule has 1 amide bonds. The minimum absolute atomic E-state index is 0.152. The minimum Gasteiger partial charge on any atom is -0.298 e. The van der Waals surface area contributed by atoms with Gasteiger partial charge in [-0.1, -0.05) is 6.07 Å². The van der Waals surface area contributed by atoms with Crippen LogP contribution in [0.3, 0.4) is 0 Å². The molecule has 98 valence electrons. The predicted molar refractivity (Wildman–Crippen MR) is 66.4 cm³/mol. The van der Waals surface area contributed by atoms with Crippen molar-refractivity contribution in [2.24, 2.45) is 0 Å². The molecule has 0 aliphatic carbocycles. The highest BCUT2D eigenvalue weighted by Gasteiger charge is 2.16. The average molecular weight is 282 g/mol. The molecule has 1 aromatic heterocycles. The number of nitrogens with one attached hydrogen (secondary N) is 1. The van der Waals surface area contributed by atoms with Crippen LogP contribution in [0.1, 0.15) is 27.8 Å². The third kappa shape index (κ3) is 2.82. The zero-order valence-electron chi connectivity index (χ0n) is 9.74. The van der Waals surface area contributed by atoms with Gasteiger partial charge < -0.3 is 0 Å². The first-order chi connectivity index (χ1) is 8.99. The van der Waals surface area contributed by atoms with Crippen molar-refractivity contribution in [2.45, 2.75) is 6.92 Å². The van der Waals surface area contributed by atoms with Gasteiger partial charge >= 0.3 is 0 Å². The van der Waals surface area contributed by atoms with Crippen LogP contribution in [-0.2, 0) is 0 Å². The van der Waals surface area contributed by atoms with Crippen LogP contribution < -0.4 is 5.32 Å². The molecule has 2 rings (SSSR count). The van der Waals surface area contributed by atoms with Gasteiger partial charge in [-0.25, -0.2) is 13.8 Å². The number of Topliss-reactive ketones (excluding diaryl/α,β-unsaturated/α-hetero) is 1. The summed E-state index contributed by atoms with van der Waals surface area (Å²) in [6.07, 6.45) is 0. The fraction of sp³-hybridized carbons (Fsp3) is 0.0833. The van der Waals surface area contributed by atoms with Crippen molar-refractivity contribution in [1.29, 1.82) is 0 Å². The second-order valence-corrected chi connectivity index (χ2v) is 4.51. The van der Waals surface area contributed by atoms with E-state index in [-0.39, 0.29) is 16.6 Å². The summed E-state index contributed by atoms with van der Waals surface area (Å²) in [6.45, 7) is 1.34. The van der Waals surface area contributed by atoms with E-state index in [2.05, 4.69) is 10.3 Å². The summed E-state index contributed by atoms with van der Waals surface area (Å²) in [7, 11) is 0. The largest absolute Gasteiger partial charge is 0.298 e. The van der Waals surface area contributed by atoms with Gasteiger partial charge in [-0.2, -0.15) is 0 Å². The van der Waals surface area contributed by atoms with Crippen molar-refractivity contribution >= 4 is 28.2 Å². The van der Waals surface area contributed by atoms with E-state index in [1.165, 1.54) is 18.4 Å². The second-order valence-electron chi connectivity index (χ2n) is 3.65. The molecule has 0 radical (unpaired) electrons. The molecule has 0 unspecified atom stereocenters. The molecule has 0 aliphatic rings. The zero-order chi connectivity index (χ0) is 14.0. The first-order valence-corrected chi connectivity index (χ1v) is 6.09. The van der Waals surface area contributed by atoms with Crippen LogP contribution in [0.25, 0.3) is 0 Å². The lowest BCUT2D eigenvalue weighted by molar-refractivity contribution is 0.100. The number of aromatic nitrogens is 1. The Morgan fingerprint density at radius 1 is 1.32 bits per heavy atom. The van der Waals surface area contributed by atoms with Crippen LogP contribution in [0.15, 0.2) is 23.6 Å². The first kappa shape index (κ1) is 13.3. The number of carbonyl (C=O) groups excluding carboxylic acids is 2. The number of ketones is 1. The number of halogens is 2. The molecule has 4 nitrogen and oxygen atoms in total. The predicted octanol–water partition coefficient (Wildman–Crippen LogP) is 2.88. The molecule has 1 heterocycles.